The van der Waals surface area contributed by atoms with Crippen LogP contribution in [0.1, 0.15) is 61.4 Å². The third-order valence-electron chi connectivity index (χ3n) is 3.41. The fourth-order valence-corrected chi connectivity index (χ4v) is 2.76. The molecular weight excluding hydrogens is 299 g/mol. The van der Waals surface area contributed by atoms with Crippen LogP contribution in [0.15, 0.2) is 24.3 Å². The second-order valence-corrected chi connectivity index (χ2v) is 6.62. The van der Waals surface area contributed by atoms with E-state index in [4.69, 9.17) is 9.26 Å². The maximum atomic E-state index is 12.0. The Morgan fingerprint density at radius 1 is 1.14 bits per heavy atom. The molecule has 0 aliphatic heterocycles. The number of benzene rings is 1. The summed E-state index contributed by atoms with van der Waals surface area (Å²) < 4.78 is 21.4. The molecular formula is C17H26O4P+. The lowest BCUT2D eigenvalue weighted by molar-refractivity contribution is 0.0497. The fourth-order valence-electron chi connectivity index (χ4n) is 2.14. The van der Waals surface area contributed by atoms with Gasteiger partial charge in [-0.25, -0.2) is 4.79 Å². The molecule has 0 spiro atoms. The Kier molecular flexibility index (Phi) is 9.69. The SMILES string of the molecule is CCCCCCCCOC(=O)c1cccc(C[P+](=O)OC)c1. The normalized spacial score (nSPS) is 11.3. The van der Waals surface area contributed by atoms with E-state index in [9.17, 15) is 9.36 Å². The smallest absolute Gasteiger partial charge is 0.462 e. The third kappa shape index (κ3) is 7.67. The van der Waals surface area contributed by atoms with Gasteiger partial charge in [0.2, 0.25) is 6.16 Å². The van der Waals surface area contributed by atoms with E-state index in [0.29, 0.717) is 18.3 Å². The molecule has 22 heavy (non-hydrogen) atoms. The van der Waals surface area contributed by atoms with Gasteiger partial charge in [0, 0.05) is 5.56 Å². The molecule has 0 saturated heterocycles. The molecule has 0 saturated carbocycles. The van der Waals surface area contributed by atoms with E-state index >= 15 is 0 Å². The summed E-state index contributed by atoms with van der Waals surface area (Å²) in [6, 6.07) is 7.04. The monoisotopic (exact) mass is 325 g/mol. The highest BCUT2D eigenvalue weighted by molar-refractivity contribution is 7.38. The standard InChI is InChI=1S/C17H26O4P/c1-3-4-5-6-7-8-12-21-17(18)16-11-9-10-15(13-16)14-22(19)20-2/h9-11,13H,3-8,12,14H2,1-2H3/q+1. The Balaban J connectivity index is 2.33. The first-order valence-corrected chi connectivity index (χ1v) is 9.28. The molecule has 0 radical (unpaired) electrons. The summed E-state index contributed by atoms with van der Waals surface area (Å²) in [7, 11) is -0.296. The van der Waals surface area contributed by atoms with Gasteiger partial charge in [0.1, 0.15) is 0 Å². The predicted octanol–water partition coefficient (Wildman–Crippen LogP) is 5.09. The molecule has 0 heterocycles. The summed E-state index contributed by atoms with van der Waals surface area (Å²) in [6.45, 7) is 2.65. The predicted molar refractivity (Wildman–Crippen MR) is 88.4 cm³/mol. The van der Waals surface area contributed by atoms with Crippen molar-refractivity contribution >= 4 is 14.0 Å². The van der Waals surface area contributed by atoms with E-state index < -0.39 is 8.03 Å². The van der Waals surface area contributed by atoms with Crippen LogP contribution in [0.3, 0.4) is 0 Å². The van der Waals surface area contributed by atoms with Gasteiger partial charge in [-0.2, -0.15) is 0 Å². The van der Waals surface area contributed by atoms with Gasteiger partial charge in [-0.15, -0.1) is 4.52 Å². The van der Waals surface area contributed by atoms with Crippen molar-refractivity contribution in [3.05, 3.63) is 35.4 Å². The largest absolute Gasteiger partial charge is 0.512 e. The van der Waals surface area contributed by atoms with Gasteiger partial charge in [0.25, 0.3) is 0 Å². The van der Waals surface area contributed by atoms with Gasteiger partial charge < -0.3 is 4.74 Å². The lowest BCUT2D eigenvalue weighted by Gasteiger charge is -2.05. The second kappa shape index (κ2) is 11.3. The molecule has 0 amide bonds. The molecule has 1 atom stereocenters. The van der Waals surface area contributed by atoms with Crippen molar-refractivity contribution in [2.75, 3.05) is 13.7 Å². The molecule has 5 heteroatoms. The molecule has 0 aromatic heterocycles. The summed E-state index contributed by atoms with van der Waals surface area (Å²) in [4.78, 5) is 12.0. The number of unbranched alkanes of at least 4 members (excludes halogenated alkanes) is 5. The first-order valence-electron chi connectivity index (χ1n) is 7.92. The molecule has 0 aliphatic rings. The van der Waals surface area contributed by atoms with Crippen LogP contribution in [0, 0.1) is 0 Å². The first kappa shape index (κ1) is 18.8. The number of esters is 1. The zero-order chi connectivity index (χ0) is 16.2. The first-order chi connectivity index (χ1) is 10.7. The van der Waals surface area contributed by atoms with E-state index in [2.05, 4.69) is 6.92 Å². The number of hydrogen-bond acceptors (Lipinski definition) is 4. The van der Waals surface area contributed by atoms with Crippen LogP contribution < -0.4 is 0 Å². The fraction of sp³-hybridized carbons (Fsp3) is 0.588. The zero-order valence-corrected chi connectivity index (χ0v) is 14.4. The van der Waals surface area contributed by atoms with Gasteiger partial charge in [-0.05, 0) is 23.1 Å². The Labute approximate surface area is 134 Å². The van der Waals surface area contributed by atoms with Gasteiger partial charge >= 0.3 is 14.0 Å². The molecule has 1 aromatic carbocycles. The van der Waals surface area contributed by atoms with Gasteiger partial charge in [0.15, 0.2) is 0 Å². The van der Waals surface area contributed by atoms with E-state index in [1.807, 2.05) is 6.07 Å². The van der Waals surface area contributed by atoms with Crippen molar-refractivity contribution in [2.24, 2.45) is 0 Å². The van der Waals surface area contributed by atoms with Gasteiger partial charge in [-0.1, -0.05) is 51.2 Å². The van der Waals surface area contributed by atoms with Crippen molar-refractivity contribution in [2.45, 2.75) is 51.6 Å². The third-order valence-corrected chi connectivity index (χ3v) is 4.44. The minimum Gasteiger partial charge on any atom is -0.462 e. The highest BCUT2D eigenvalue weighted by Gasteiger charge is 2.17. The van der Waals surface area contributed by atoms with Crippen molar-refractivity contribution < 1.29 is 18.6 Å². The molecule has 0 bridgehead atoms. The number of carbonyl (C=O) groups is 1. The molecule has 0 fully saturated rings. The maximum absolute atomic E-state index is 12.0. The molecule has 0 aliphatic carbocycles. The molecule has 1 aromatic rings. The van der Waals surface area contributed by atoms with Crippen LogP contribution in [0.4, 0.5) is 0 Å². The second-order valence-electron chi connectivity index (χ2n) is 5.28. The summed E-state index contributed by atoms with van der Waals surface area (Å²) in [5.41, 5.74) is 1.32. The maximum Gasteiger partial charge on any atom is 0.512 e. The van der Waals surface area contributed by atoms with Crippen LogP contribution >= 0.6 is 8.03 Å². The van der Waals surface area contributed by atoms with Gasteiger partial charge in [0.05, 0.1) is 19.3 Å². The zero-order valence-electron chi connectivity index (χ0n) is 13.5. The summed E-state index contributed by atoms with van der Waals surface area (Å²) >= 11 is 0. The molecule has 0 N–H and O–H groups in total. The van der Waals surface area contributed by atoms with Crippen LogP contribution in [-0.4, -0.2) is 19.7 Å². The van der Waals surface area contributed by atoms with Crippen LogP contribution in [-0.2, 0) is 20.0 Å². The lowest BCUT2D eigenvalue weighted by Crippen LogP contribution is -2.06. The van der Waals surface area contributed by atoms with E-state index in [-0.39, 0.29) is 5.97 Å². The lowest BCUT2D eigenvalue weighted by atomic mass is 10.1. The minimum atomic E-state index is -1.71. The Bertz CT molecular complexity index is 473. The average Bonchev–Trinajstić information content (AvgIpc) is 2.54. The van der Waals surface area contributed by atoms with E-state index in [0.717, 1.165) is 18.4 Å². The topological polar surface area (TPSA) is 52.6 Å². The molecule has 122 valence electrons. The summed E-state index contributed by atoms with van der Waals surface area (Å²) in [5.74, 6) is -0.317. The van der Waals surface area contributed by atoms with Crippen LogP contribution in [0.25, 0.3) is 0 Å². The number of hydrogen-bond donors (Lipinski definition) is 0. The molecule has 1 rings (SSSR count). The van der Waals surface area contributed by atoms with E-state index in [1.54, 1.807) is 18.2 Å². The average molecular weight is 325 g/mol. The van der Waals surface area contributed by atoms with Crippen LogP contribution in [0.5, 0.6) is 0 Å². The number of ether oxygens (including phenoxy) is 1. The van der Waals surface area contributed by atoms with Gasteiger partial charge in [-0.3, -0.25) is 0 Å². The summed E-state index contributed by atoms with van der Waals surface area (Å²) in [6.07, 6.45) is 7.28. The van der Waals surface area contributed by atoms with Crippen molar-refractivity contribution in [1.29, 1.82) is 0 Å². The quantitative estimate of drug-likeness (QED) is 0.323. The Hall–Kier alpha value is -1.25. The van der Waals surface area contributed by atoms with Crippen LogP contribution in [0.2, 0.25) is 0 Å². The van der Waals surface area contributed by atoms with E-state index in [1.165, 1.54) is 32.8 Å². The van der Waals surface area contributed by atoms with Crippen molar-refractivity contribution in [3.8, 4) is 0 Å². The number of carbonyl (C=O) groups excluding carboxylic acids is 1. The molecule has 1 unspecified atom stereocenters. The van der Waals surface area contributed by atoms with Crippen molar-refractivity contribution in [3.63, 3.8) is 0 Å². The highest BCUT2D eigenvalue weighted by Crippen LogP contribution is 2.26. The Morgan fingerprint density at radius 2 is 1.86 bits per heavy atom. The van der Waals surface area contributed by atoms with Crippen molar-refractivity contribution in [1.82, 2.24) is 0 Å². The molecule has 4 nitrogen and oxygen atoms in total. The summed E-state index contributed by atoms with van der Waals surface area (Å²) in [5, 5.41) is 0. The number of rotatable bonds is 11. The Morgan fingerprint density at radius 3 is 2.59 bits per heavy atom. The highest BCUT2D eigenvalue weighted by atomic mass is 31.1. The minimum absolute atomic E-state index is 0.310.